The monoisotopic (exact) mass is 409 g/mol. The van der Waals surface area contributed by atoms with Crippen molar-refractivity contribution in [3.8, 4) is 0 Å². The van der Waals surface area contributed by atoms with Gasteiger partial charge in [-0.2, -0.15) is 0 Å². The maximum atomic E-state index is 12.6. The molecule has 0 spiro atoms. The normalized spacial score (nSPS) is 11.4. The number of nitrogens with one attached hydrogen (secondary N) is 1. The van der Waals surface area contributed by atoms with Crippen LogP contribution in [0.5, 0.6) is 0 Å². The molecule has 6 heteroatoms. The van der Waals surface area contributed by atoms with Crippen LogP contribution in [-0.2, 0) is 4.79 Å². The SMILES string of the molecule is O=C(/C=C/c1ccccc1Cl)Nc1ccc2c(=O)c3cccc(Cl)c3oc2c1. The molecule has 0 aliphatic carbocycles. The van der Waals surface area contributed by atoms with Crippen molar-refractivity contribution in [3.63, 3.8) is 0 Å². The number of para-hydroxylation sites is 1. The number of carbonyl (C=O) groups excluding carboxylic acids is 1. The van der Waals surface area contributed by atoms with Gasteiger partial charge in [0.1, 0.15) is 5.58 Å². The predicted octanol–water partition coefficient (Wildman–Crippen LogP) is 5.90. The highest BCUT2D eigenvalue weighted by Crippen LogP contribution is 2.26. The van der Waals surface area contributed by atoms with E-state index in [-0.39, 0.29) is 11.3 Å². The highest BCUT2D eigenvalue weighted by atomic mass is 35.5. The number of hydrogen-bond acceptors (Lipinski definition) is 3. The molecule has 1 amide bonds. The molecule has 1 N–H and O–H groups in total. The molecule has 1 heterocycles. The van der Waals surface area contributed by atoms with E-state index in [0.717, 1.165) is 5.56 Å². The summed E-state index contributed by atoms with van der Waals surface area (Å²) in [5.74, 6) is -0.333. The lowest BCUT2D eigenvalue weighted by Crippen LogP contribution is -2.08. The number of benzene rings is 3. The van der Waals surface area contributed by atoms with Crippen LogP contribution in [0.2, 0.25) is 10.0 Å². The minimum absolute atomic E-state index is 0.171. The fraction of sp³-hybridized carbons (Fsp3) is 0. The summed E-state index contributed by atoms with van der Waals surface area (Å²) in [6.07, 6.45) is 3.02. The number of fused-ring (bicyclic) bond motifs is 2. The van der Waals surface area contributed by atoms with Gasteiger partial charge in [0.25, 0.3) is 0 Å². The molecule has 1 aromatic heterocycles. The van der Waals surface area contributed by atoms with Crippen molar-refractivity contribution in [3.05, 3.63) is 92.6 Å². The Hall–Kier alpha value is -3.08. The summed E-state index contributed by atoms with van der Waals surface area (Å²) in [6.45, 7) is 0. The quantitative estimate of drug-likeness (QED) is 0.338. The van der Waals surface area contributed by atoms with Crippen LogP contribution in [0.4, 0.5) is 5.69 Å². The summed E-state index contributed by atoms with van der Waals surface area (Å²) in [5.41, 5.74) is 1.73. The van der Waals surface area contributed by atoms with Gasteiger partial charge < -0.3 is 9.73 Å². The van der Waals surface area contributed by atoms with E-state index in [0.29, 0.717) is 37.7 Å². The Morgan fingerprint density at radius 2 is 1.71 bits per heavy atom. The molecule has 0 atom stereocenters. The van der Waals surface area contributed by atoms with Gasteiger partial charge in [-0.15, -0.1) is 0 Å². The number of amides is 1. The van der Waals surface area contributed by atoms with E-state index in [9.17, 15) is 9.59 Å². The number of rotatable bonds is 3. The van der Waals surface area contributed by atoms with Crippen molar-refractivity contribution in [2.45, 2.75) is 0 Å². The second kappa shape index (κ2) is 7.50. The summed E-state index contributed by atoms with van der Waals surface area (Å²) in [6, 6.07) is 17.1. The van der Waals surface area contributed by atoms with E-state index < -0.39 is 0 Å². The maximum absolute atomic E-state index is 12.6. The van der Waals surface area contributed by atoms with Crippen LogP contribution in [0.1, 0.15) is 5.56 Å². The molecule has 0 bridgehead atoms. The molecule has 0 saturated carbocycles. The Balaban J connectivity index is 1.65. The third-order valence-electron chi connectivity index (χ3n) is 4.24. The Morgan fingerprint density at radius 3 is 2.54 bits per heavy atom. The average Bonchev–Trinajstić information content (AvgIpc) is 2.68. The molecule has 0 fully saturated rings. The van der Waals surface area contributed by atoms with Gasteiger partial charge in [-0.3, -0.25) is 9.59 Å². The van der Waals surface area contributed by atoms with Crippen LogP contribution in [0.15, 0.2) is 76.0 Å². The third kappa shape index (κ3) is 3.52. The van der Waals surface area contributed by atoms with E-state index in [1.807, 2.05) is 18.2 Å². The zero-order valence-corrected chi connectivity index (χ0v) is 15.9. The Labute approximate surface area is 170 Å². The predicted molar refractivity (Wildman–Crippen MR) is 114 cm³/mol. The number of halogens is 2. The van der Waals surface area contributed by atoms with E-state index >= 15 is 0 Å². The molecular formula is C22H13Cl2NO3. The molecule has 4 nitrogen and oxygen atoms in total. The van der Waals surface area contributed by atoms with Gasteiger partial charge >= 0.3 is 0 Å². The molecule has 28 heavy (non-hydrogen) atoms. The highest BCUT2D eigenvalue weighted by Gasteiger charge is 2.11. The molecule has 3 aromatic carbocycles. The Bertz CT molecular complexity index is 1310. The van der Waals surface area contributed by atoms with Crippen molar-refractivity contribution in [2.75, 3.05) is 5.32 Å². The molecule has 4 aromatic rings. The summed E-state index contributed by atoms with van der Waals surface area (Å²) >= 11 is 12.2. The Kier molecular flexibility index (Phi) is 4.90. The molecular weight excluding hydrogens is 397 g/mol. The first kappa shape index (κ1) is 18.3. The molecule has 4 rings (SSSR count). The lowest BCUT2D eigenvalue weighted by molar-refractivity contribution is -0.111. The number of anilines is 1. The zero-order valence-electron chi connectivity index (χ0n) is 14.4. The van der Waals surface area contributed by atoms with Crippen LogP contribution in [0.25, 0.3) is 28.0 Å². The van der Waals surface area contributed by atoms with E-state index in [4.69, 9.17) is 27.6 Å². The third-order valence-corrected chi connectivity index (χ3v) is 4.88. The van der Waals surface area contributed by atoms with E-state index in [2.05, 4.69) is 5.32 Å². The molecule has 0 aliphatic heterocycles. The van der Waals surface area contributed by atoms with Crippen LogP contribution >= 0.6 is 23.2 Å². The molecule has 0 unspecified atom stereocenters. The van der Waals surface area contributed by atoms with Crippen LogP contribution < -0.4 is 10.7 Å². The van der Waals surface area contributed by atoms with Crippen LogP contribution in [-0.4, -0.2) is 5.91 Å². The lowest BCUT2D eigenvalue weighted by atomic mass is 10.1. The minimum atomic E-state index is -0.333. The van der Waals surface area contributed by atoms with Gasteiger partial charge in [-0.25, -0.2) is 0 Å². The molecule has 0 radical (unpaired) electrons. The molecule has 0 aliphatic rings. The summed E-state index contributed by atoms with van der Waals surface area (Å²) < 4.78 is 5.81. The summed E-state index contributed by atoms with van der Waals surface area (Å²) in [4.78, 5) is 24.8. The molecule has 138 valence electrons. The fourth-order valence-corrected chi connectivity index (χ4v) is 3.29. The topological polar surface area (TPSA) is 59.3 Å². The Morgan fingerprint density at radius 1 is 0.929 bits per heavy atom. The van der Waals surface area contributed by atoms with Gasteiger partial charge in [0.15, 0.2) is 5.58 Å². The van der Waals surface area contributed by atoms with Crippen LogP contribution in [0, 0.1) is 0 Å². The molecule has 0 saturated heterocycles. The second-order valence-electron chi connectivity index (χ2n) is 6.10. The lowest BCUT2D eigenvalue weighted by Gasteiger charge is -2.06. The largest absolute Gasteiger partial charge is 0.454 e. The fourth-order valence-electron chi connectivity index (χ4n) is 2.88. The first-order valence-electron chi connectivity index (χ1n) is 8.41. The zero-order chi connectivity index (χ0) is 19.7. The smallest absolute Gasteiger partial charge is 0.248 e. The van der Waals surface area contributed by atoms with Crippen molar-refractivity contribution in [1.82, 2.24) is 0 Å². The second-order valence-corrected chi connectivity index (χ2v) is 6.92. The maximum Gasteiger partial charge on any atom is 0.248 e. The highest BCUT2D eigenvalue weighted by molar-refractivity contribution is 6.35. The van der Waals surface area contributed by atoms with Gasteiger partial charge in [-0.1, -0.05) is 47.5 Å². The number of carbonyl (C=O) groups is 1. The summed E-state index contributed by atoms with van der Waals surface area (Å²) in [5, 5.41) is 4.49. The first-order valence-corrected chi connectivity index (χ1v) is 9.17. The average molecular weight is 410 g/mol. The van der Waals surface area contributed by atoms with Crippen molar-refractivity contribution in [2.24, 2.45) is 0 Å². The van der Waals surface area contributed by atoms with Crippen molar-refractivity contribution in [1.29, 1.82) is 0 Å². The van der Waals surface area contributed by atoms with Crippen molar-refractivity contribution < 1.29 is 9.21 Å². The standard InChI is InChI=1S/C22H13Cl2NO3/c23-17-6-2-1-4-13(17)8-11-20(26)25-14-9-10-15-19(12-14)28-22-16(21(15)27)5-3-7-18(22)24/h1-12H,(H,25,26)/b11-8+. The van der Waals surface area contributed by atoms with Crippen LogP contribution in [0.3, 0.4) is 0 Å². The van der Waals surface area contributed by atoms with Crippen molar-refractivity contribution >= 4 is 62.8 Å². The van der Waals surface area contributed by atoms with Gasteiger partial charge in [0.05, 0.1) is 15.8 Å². The first-order chi connectivity index (χ1) is 13.5. The van der Waals surface area contributed by atoms with Gasteiger partial charge in [0.2, 0.25) is 11.3 Å². The van der Waals surface area contributed by atoms with Gasteiger partial charge in [-0.05, 0) is 42.0 Å². The van der Waals surface area contributed by atoms with Gasteiger partial charge in [0, 0.05) is 22.9 Å². The van der Waals surface area contributed by atoms with E-state index in [1.54, 1.807) is 48.5 Å². The summed E-state index contributed by atoms with van der Waals surface area (Å²) in [7, 11) is 0. The minimum Gasteiger partial charge on any atom is -0.454 e. The number of hydrogen-bond donors (Lipinski definition) is 1. The van der Waals surface area contributed by atoms with E-state index in [1.165, 1.54) is 6.08 Å².